The Kier molecular flexibility index (Phi) is 6.20. The van der Waals surface area contributed by atoms with Crippen LogP contribution in [0.4, 0.5) is 0 Å². The Morgan fingerprint density at radius 1 is 1.22 bits per heavy atom. The van der Waals surface area contributed by atoms with Crippen molar-refractivity contribution in [3.63, 3.8) is 0 Å². The first-order chi connectivity index (χ1) is 11.0. The summed E-state index contributed by atoms with van der Waals surface area (Å²) in [5, 5.41) is 2.99. The van der Waals surface area contributed by atoms with Gasteiger partial charge in [-0.2, -0.15) is 0 Å². The fourth-order valence-electron chi connectivity index (χ4n) is 3.19. The molecule has 1 atom stereocenters. The maximum Gasteiger partial charge on any atom is 0.253 e. The van der Waals surface area contributed by atoms with Gasteiger partial charge in [0.1, 0.15) is 0 Å². The maximum atomic E-state index is 12.7. The number of piperidine rings is 1. The van der Waals surface area contributed by atoms with E-state index in [0.717, 1.165) is 55.5 Å². The zero-order chi connectivity index (χ0) is 16.8. The number of rotatable bonds is 5. The van der Waals surface area contributed by atoms with Crippen molar-refractivity contribution in [1.82, 2.24) is 10.2 Å². The molecule has 1 saturated heterocycles. The second-order valence-electron chi connectivity index (χ2n) is 6.61. The summed E-state index contributed by atoms with van der Waals surface area (Å²) in [4.78, 5) is 26.8. The van der Waals surface area contributed by atoms with Crippen molar-refractivity contribution in [3.05, 3.63) is 34.9 Å². The van der Waals surface area contributed by atoms with Gasteiger partial charge in [0.25, 0.3) is 5.91 Å². The number of hydrogen-bond acceptors (Lipinski definition) is 2. The predicted molar refractivity (Wildman–Crippen MR) is 92.5 cm³/mol. The molecule has 1 aliphatic rings. The molecule has 0 radical (unpaired) electrons. The molecule has 0 saturated carbocycles. The third kappa shape index (κ3) is 4.81. The lowest BCUT2D eigenvalue weighted by Crippen LogP contribution is -2.45. The topological polar surface area (TPSA) is 49.4 Å². The van der Waals surface area contributed by atoms with E-state index >= 15 is 0 Å². The average molecular weight is 316 g/mol. The third-order valence-electron chi connectivity index (χ3n) is 4.38. The number of unbranched alkanes of at least 4 members (excludes halogenated alkanes) is 1. The molecule has 0 aromatic heterocycles. The molecule has 4 heteroatoms. The lowest BCUT2D eigenvalue weighted by molar-refractivity contribution is -0.126. The number of benzene rings is 1. The molecule has 1 aliphatic heterocycles. The molecule has 1 heterocycles. The average Bonchev–Trinajstić information content (AvgIpc) is 2.53. The number of carbonyl (C=O) groups is 2. The summed E-state index contributed by atoms with van der Waals surface area (Å²) in [5.41, 5.74) is 2.92. The van der Waals surface area contributed by atoms with Gasteiger partial charge in [0.15, 0.2) is 0 Å². The molecule has 4 nitrogen and oxygen atoms in total. The largest absolute Gasteiger partial charge is 0.356 e. The van der Waals surface area contributed by atoms with Crippen LogP contribution >= 0.6 is 0 Å². The van der Waals surface area contributed by atoms with Gasteiger partial charge in [-0.15, -0.1) is 0 Å². The molecule has 1 N–H and O–H groups in total. The fraction of sp³-hybridized carbons (Fsp3) is 0.579. The number of nitrogens with zero attached hydrogens (tertiary/aromatic N) is 1. The van der Waals surface area contributed by atoms with E-state index in [9.17, 15) is 9.59 Å². The zero-order valence-corrected chi connectivity index (χ0v) is 14.5. The van der Waals surface area contributed by atoms with Gasteiger partial charge in [0.05, 0.1) is 5.92 Å². The van der Waals surface area contributed by atoms with Crippen molar-refractivity contribution in [3.8, 4) is 0 Å². The van der Waals surface area contributed by atoms with Crippen molar-refractivity contribution >= 4 is 11.8 Å². The summed E-state index contributed by atoms with van der Waals surface area (Å²) < 4.78 is 0. The molecule has 1 unspecified atom stereocenters. The van der Waals surface area contributed by atoms with Gasteiger partial charge in [0, 0.05) is 25.2 Å². The molecule has 0 spiro atoms. The highest BCUT2D eigenvalue weighted by atomic mass is 16.2. The van der Waals surface area contributed by atoms with Crippen LogP contribution in [0.2, 0.25) is 0 Å². The first kappa shape index (κ1) is 17.5. The number of nitrogens with one attached hydrogen (secondary N) is 1. The van der Waals surface area contributed by atoms with Gasteiger partial charge in [0.2, 0.25) is 5.91 Å². The minimum absolute atomic E-state index is 0.0443. The van der Waals surface area contributed by atoms with Gasteiger partial charge in [-0.05, 0) is 45.2 Å². The van der Waals surface area contributed by atoms with Crippen molar-refractivity contribution in [2.24, 2.45) is 5.92 Å². The Balaban J connectivity index is 1.99. The molecule has 2 rings (SSSR count). The van der Waals surface area contributed by atoms with Crippen LogP contribution in [0.5, 0.6) is 0 Å². The van der Waals surface area contributed by atoms with E-state index in [-0.39, 0.29) is 17.7 Å². The first-order valence-corrected chi connectivity index (χ1v) is 8.66. The summed E-state index contributed by atoms with van der Waals surface area (Å²) in [5.74, 6) is 0.0645. The molecule has 126 valence electrons. The van der Waals surface area contributed by atoms with Crippen LogP contribution < -0.4 is 5.32 Å². The maximum absolute atomic E-state index is 12.7. The van der Waals surface area contributed by atoms with Crippen LogP contribution in [-0.2, 0) is 4.79 Å². The molecule has 1 aromatic rings. The van der Waals surface area contributed by atoms with Crippen LogP contribution in [0.15, 0.2) is 18.2 Å². The summed E-state index contributed by atoms with van der Waals surface area (Å²) in [6.07, 6.45) is 3.84. The van der Waals surface area contributed by atoms with Crippen LogP contribution in [0.3, 0.4) is 0 Å². The summed E-state index contributed by atoms with van der Waals surface area (Å²) >= 11 is 0. The Labute approximate surface area is 139 Å². The highest BCUT2D eigenvalue weighted by Gasteiger charge is 2.28. The monoisotopic (exact) mass is 316 g/mol. The quantitative estimate of drug-likeness (QED) is 0.849. The van der Waals surface area contributed by atoms with Crippen molar-refractivity contribution < 1.29 is 9.59 Å². The second-order valence-corrected chi connectivity index (χ2v) is 6.61. The van der Waals surface area contributed by atoms with Gasteiger partial charge in [-0.25, -0.2) is 0 Å². The Morgan fingerprint density at radius 2 is 1.91 bits per heavy atom. The molecule has 0 aliphatic carbocycles. The molecule has 23 heavy (non-hydrogen) atoms. The minimum atomic E-state index is -0.0736. The zero-order valence-electron chi connectivity index (χ0n) is 14.5. The van der Waals surface area contributed by atoms with E-state index in [0.29, 0.717) is 6.54 Å². The van der Waals surface area contributed by atoms with E-state index in [2.05, 4.69) is 18.3 Å². The Hall–Kier alpha value is -1.84. The van der Waals surface area contributed by atoms with Crippen molar-refractivity contribution in [2.45, 2.75) is 46.5 Å². The van der Waals surface area contributed by atoms with Gasteiger partial charge < -0.3 is 10.2 Å². The van der Waals surface area contributed by atoms with E-state index in [1.54, 1.807) is 0 Å². The second kappa shape index (κ2) is 8.14. The van der Waals surface area contributed by atoms with E-state index in [1.807, 2.05) is 30.9 Å². The van der Waals surface area contributed by atoms with Crippen LogP contribution in [-0.4, -0.2) is 36.3 Å². The highest BCUT2D eigenvalue weighted by molar-refractivity contribution is 5.95. The molecular formula is C19H28N2O2. The molecule has 1 aromatic carbocycles. The summed E-state index contributed by atoms with van der Waals surface area (Å²) in [6, 6.07) is 5.93. The van der Waals surface area contributed by atoms with E-state index < -0.39 is 0 Å². The standard InChI is InChI=1S/C19H28N2O2/c1-4-5-8-20-18(22)16-7-6-9-21(13-16)19(23)17-11-14(2)10-15(3)12-17/h10-12,16H,4-9,13H2,1-3H3,(H,20,22). The van der Waals surface area contributed by atoms with Gasteiger partial charge >= 0.3 is 0 Å². The summed E-state index contributed by atoms with van der Waals surface area (Å²) in [6.45, 7) is 8.12. The molecule has 2 amide bonds. The molecule has 1 fully saturated rings. The molecular weight excluding hydrogens is 288 g/mol. The lowest BCUT2D eigenvalue weighted by Gasteiger charge is -2.32. The minimum Gasteiger partial charge on any atom is -0.356 e. The number of hydrogen-bond donors (Lipinski definition) is 1. The van der Waals surface area contributed by atoms with Crippen LogP contribution in [0.1, 0.15) is 54.1 Å². The van der Waals surface area contributed by atoms with Crippen LogP contribution in [0, 0.1) is 19.8 Å². The molecule has 0 bridgehead atoms. The van der Waals surface area contributed by atoms with E-state index in [1.165, 1.54) is 0 Å². The van der Waals surface area contributed by atoms with Gasteiger partial charge in [-0.1, -0.05) is 30.5 Å². The number of amides is 2. The number of likely N-dealkylation sites (tertiary alicyclic amines) is 1. The highest BCUT2D eigenvalue weighted by Crippen LogP contribution is 2.20. The van der Waals surface area contributed by atoms with Crippen LogP contribution in [0.25, 0.3) is 0 Å². The smallest absolute Gasteiger partial charge is 0.253 e. The normalized spacial score (nSPS) is 17.9. The SMILES string of the molecule is CCCCNC(=O)C1CCCN(C(=O)c2cc(C)cc(C)c2)C1. The van der Waals surface area contributed by atoms with E-state index in [4.69, 9.17) is 0 Å². The Bertz CT molecular complexity index is 548. The predicted octanol–water partition coefficient (Wildman–Crippen LogP) is 3.07. The Morgan fingerprint density at radius 3 is 2.57 bits per heavy atom. The number of aryl methyl sites for hydroxylation is 2. The number of carbonyl (C=O) groups excluding carboxylic acids is 2. The van der Waals surface area contributed by atoms with Gasteiger partial charge in [-0.3, -0.25) is 9.59 Å². The summed E-state index contributed by atoms with van der Waals surface area (Å²) in [7, 11) is 0. The van der Waals surface area contributed by atoms with Crippen molar-refractivity contribution in [1.29, 1.82) is 0 Å². The lowest BCUT2D eigenvalue weighted by atomic mass is 9.96. The fourth-order valence-corrected chi connectivity index (χ4v) is 3.19. The first-order valence-electron chi connectivity index (χ1n) is 8.66. The third-order valence-corrected chi connectivity index (χ3v) is 4.38. The van der Waals surface area contributed by atoms with Crippen molar-refractivity contribution in [2.75, 3.05) is 19.6 Å².